The van der Waals surface area contributed by atoms with Crippen LogP contribution in [0.15, 0.2) is 66.7 Å². The third-order valence-corrected chi connectivity index (χ3v) is 4.43. The van der Waals surface area contributed by atoms with Crippen LogP contribution < -0.4 is 10.1 Å². The summed E-state index contributed by atoms with van der Waals surface area (Å²) in [6.07, 6.45) is -0.877. The molecule has 4 heteroatoms. The Morgan fingerprint density at radius 2 is 1.76 bits per heavy atom. The lowest BCUT2D eigenvalue weighted by Gasteiger charge is -2.25. The highest BCUT2D eigenvalue weighted by Crippen LogP contribution is 2.32. The van der Waals surface area contributed by atoms with Gasteiger partial charge in [-0.05, 0) is 22.4 Å². The van der Waals surface area contributed by atoms with E-state index >= 15 is 0 Å². The number of carbonyl (C=O) groups excluding carboxylic acids is 2. The zero-order valence-corrected chi connectivity index (χ0v) is 13.6. The Hall–Kier alpha value is -3.14. The van der Waals surface area contributed by atoms with E-state index in [0.717, 1.165) is 21.9 Å². The van der Waals surface area contributed by atoms with E-state index in [1.807, 2.05) is 66.7 Å². The van der Waals surface area contributed by atoms with Crippen LogP contribution in [0.4, 0.5) is 0 Å². The van der Waals surface area contributed by atoms with Crippen molar-refractivity contribution in [1.29, 1.82) is 0 Å². The van der Waals surface area contributed by atoms with Crippen molar-refractivity contribution in [3.05, 3.63) is 77.9 Å². The van der Waals surface area contributed by atoms with Crippen LogP contribution in [0.2, 0.25) is 0 Å². The van der Waals surface area contributed by atoms with Gasteiger partial charge in [0.15, 0.2) is 5.78 Å². The lowest BCUT2D eigenvalue weighted by molar-refractivity contribution is -0.138. The van der Waals surface area contributed by atoms with E-state index in [2.05, 4.69) is 5.32 Å². The number of ether oxygens (including phenoxy) is 1. The molecule has 0 bridgehead atoms. The second-order valence-corrected chi connectivity index (χ2v) is 6.11. The van der Waals surface area contributed by atoms with Crippen LogP contribution in [0.1, 0.15) is 11.1 Å². The Bertz CT molecular complexity index is 950. The SMILES string of the molecule is O=C1Cc2c(ccc3ccccc23)OC1C(=O)NCc1ccccc1. The zero-order chi connectivity index (χ0) is 17.2. The average Bonchev–Trinajstić information content (AvgIpc) is 2.66. The summed E-state index contributed by atoms with van der Waals surface area (Å²) in [5.41, 5.74) is 1.83. The average molecular weight is 331 g/mol. The predicted octanol–water partition coefficient (Wildman–Crippen LogP) is 3.03. The molecule has 0 spiro atoms. The monoisotopic (exact) mass is 331 g/mol. The molecule has 3 aromatic rings. The molecule has 1 atom stereocenters. The number of Topliss-reactive ketones (excluding diaryl/α,β-unsaturated/α-hetero) is 1. The Morgan fingerprint density at radius 1 is 1.00 bits per heavy atom. The van der Waals surface area contributed by atoms with Crippen molar-refractivity contribution in [2.24, 2.45) is 0 Å². The molecule has 1 heterocycles. The minimum Gasteiger partial charge on any atom is -0.472 e. The molecule has 1 unspecified atom stereocenters. The summed E-state index contributed by atoms with van der Waals surface area (Å²) in [5.74, 6) is 0.000220. The van der Waals surface area contributed by atoms with Crippen molar-refractivity contribution < 1.29 is 14.3 Å². The summed E-state index contributed by atoms with van der Waals surface area (Å²) in [7, 11) is 0. The standard InChI is InChI=1S/C21H17NO3/c23-18-12-17-16-9-5-4-8-15(16)10-11-19(17)25-20(18)21(24)22-13-14-6-2-1-3-7-14/h1-11,20H,12-13H2,(H,22,24). The van der Waals surface area contributed by atoms with Gasteiger partial charge in [-0.2, -0.15) is 0 Å². The highest BCUT2D eigenvalue weighted by molar-refractivity contribution is 6.08. The van der Waals surface area contributed by atoms with Gasteiger partial charge >= 0.3 is 0 Å². The maximum atomic E-state index is 12.5. The molecule has 0 aromatic heterocycles. The highest BCUT2D eigenvalue weighted by Gasteiger charge is 2.34. The maximum Gasteiger partial charge on any atom is 0.269 e. The molecule has 1 N–H and O–H groups in total. The highest BCUT2D eigenvalue weighted by atomic mass is 16.5. The van der Waals surface area contributed by atoms with Gasteiger partial charge in [-0.1, -0.05) is 60.7 Å². The fraction of sp³-hybridized carbons (Fsp3) is 0.143. The molecule has 124 valence electrons. The lowest BCUT2D eigenvalue weighted by Crippen LogP contribution is -2.46. The number of hydrogen-bond acceptors (Lipinski definition) is 3. The molecule has 25 heavy (non-hydrogen) atoms. The molecule has 1 amide bonds. The van der Waals surface area contributed by atoms with Gasteiger partial charge in [0.1, 0.15) is 5.75 Å². The smallest absolute Gasteiger partial charge is 0.269 e. The number of rotatable bonds is 3. The van der Waals surface area contributed by atoms with E-state index in [1.54, 1.807) is 0 Å². The Labute approximate surface area is 145 Å². The summed E-state index contributed by atoms with van der Waals surface area (Å²) in [4.78, 5) is 24.9. The Balaban J connectivity index is 1.54. The largest absolute Gasteiger partial charge is 0.472 e. The molecule has 4 nitrogen and oxygen atoms in total. The fourth-order valence-corrected chi connectivity index (χ4v) is 3.15. The third-order valence-electron chi connectivity index (χ3n) is 4.43. The molecule has 1 aliphatic rings. The maximum absolute atomic E-state index is 12.5. The van der Waals surface area contributed by atoms with Crippen LogP contribution in [0.3, 0.4) is 0 Å². The fourth-order valence-electron chi connectivity index (χ4n) is 3.15. The normalized spacial score (nSPS) is 16.2. The number of ketones is 1. The van der Waals surface area contributed by atoms with Crippen molar-refractivity contribution in [3.63, 3.8) is 0 Å². The first-order valence-electron chi connectivity index (χ1n) is 8.24. The van der Waals surface area contributed by atoms with E-state index in [1.165, 1.54) is 0 Å². The molecular weight excluding hydrogens is 314 g/mol. The van der Waals surface area contributed by atoms with E-state index in [9.17, 15) is 9.59 Å². The molecule has 0 radical (unpaired) electrons. The number of carbonyl (C=O) groups is 2. The first-order chi connectivity index (χ1) is 12.2. The van der Waals surface area contributed by atoms with Crippen molar-refractivity contribution >= 4 is 22.5 Å². The lowest BCUT2D eigenvalue weighted by atomic mass is 9.95. The molecule has 1 aliphatic heterocycles. The van der Waals surface area contributed by atoms with E-state index in [0.29, 0.717) is 12.3 Å². The van der Waals surface area contributed by atoms with Crippen LogP contribution in [0.5, 0.6) is 5.75 Å². The van der Waals surface area contributed by atoms with Crippen molar-refractivity contribution in [3.8, 4) is 5.75 Å². The molecule has 4 rings (SSSR count). The van der Waals surface area contributed by atoms with Crippen LogP contribution in [-0.4, -0.2) is 17.8 Å². The molecule has 0 aliphatic carbocycles. The molecule has 3 aromatic carbocycles. The third kappa shape index (κ3) is 2.98. The van der Waals surface area contributed by atoms with Gasteiger partial charge in [0.05, 0.1) is 0 Å². The number of amides is 1. The van der Waals surface area contributed by atoms with Crippen LogP contribution in [-0.2, 0) is 22.6 Å². The van der Waals surface area contributed by atoms with Gasteiger partial charge in [0, 0.05) is 18.5 Å². The minimum atomic E-state index is -1.09. The van der Waals surface area contributed by atoms with Gasteiger partial charge in [-0.25, -0.2) is 0 Å². The van der Waals surface area contributed by atoms with Crippen molar-refractivity contribution in [1.82, 2.24) is 5.32 Å². The summed E-state index contributed by atoms with van der Waals surface area (Å²) < 4.78 is 5.74. The Morgan fingerprint density at radius 3 is 2.60 bits per heavy atom. The van der Waals surface area contributed by atoms with Crippen molar-refractivity contribution in [2.45, 2.75) is 19.1 Å². The van der Waals surface area contributed by atoms with Gasteiger partial charge in [-0.3, -0.25) is 9.59 Å². The number of fused-ring (bicyclic) bond motifs is 3. The number of nitrogens with one attached hydrogen (secondary N) is 1. The van der Waals surface area contributed by atoms with Crippen molar-refractivity contribution in [2.75, 3.05) is 0 Å². The number of hydrogen-bond donors (Lipinski definition) is 1. The van der Waals surface area contributed by atoms with Crippen LogP contribution in [0.25, 0.3) is 10.8 Å². The van der Waals surface area contributed by atoms with Gasteiger partial charge in [-0.15, -0.1) is 0 Å². The second-order valence-electron chi connectivity index (χ2n) is 6.11. The van der Waals surface area contributed by atoms with E-state index in [4.69, 9.17) is 4.74 Å². The summed E-state index contributed by atoms with van der Waals surface area (Å²) in [6, 6.07) is 21.2. The van der Waals surface area contributed by atoms with Gasteiger partial charge in [0.25, 0.3) is 5.91 Å². The van der Waals surface area contributed by atoms with Crippen LogP contribution >= 0.6 is 0 Å². The zero-order valence-electron chi connectivity index (χ0n) is 13.6. The molecule has 0 saturated carbocycles. The number of benzene rings is 3. The molecule has 0 saturated heterocycles. The quantitative estimate of drug-likeness (QED) is 0.751. The Kier molecular flexibility index (Phi) is 3.94. The topological polar surface area (TPSA) is 55.4 Å². The predicted molar refractivity (Wildman–Crippen MR) is 95.4 cm³/mol. The van der Waals surface area contributed by atoms with E-state index in [-0.39, 0.29) is 12.2 Å². The summed E-state index contributed by atoms with van der Waals surface area (Å²) >= 11 is 0. The van der Waals surface area contributed by atoms with Crippen LogP contribution in [0, 0.1) is 0 Å². The second kappa shape index (κ2) is 6.40. The van der Waals surface area contributed by atoms with Gasteiger partial charge < -0.3 is 10.1 Å². The summed E-state index contributed by atoms with van der Waals surface area (Å²) in [6.45, 7) is 0.372. The first kappa shape index (κ1) is 15.4. The molecular formula is C21H17NO3. The van der Waals surface area contributed by atoms with E-state index < -0.39 is 12.0 Å². The first-order valence-corrected chi connectivity index (χ1v) is 8.24. The molecule has 0 fully saturated rings. The summed E-state index contributed by atoms with van der Waals surface area (Å²) in [5, 5.41) is 4.84. The van der Waals surface area contributed by atoms with Gasteiger partial charge in [0.2, 0.25) is 6.10 Å². The minimum absolute atomic E-state index is 0.208.